The van der Waals surface area contributed by atoms with Crippen LogP contribution in [0.15, 0.2) is 48.5 Å². The summed E-state index contributed by atoms with van der Waals surface area (Å²) in [5, 5.41) is 0. The topological polar surface area (TPSA) is 52.0 Å². The largest absolute Gasteiger partial charge is 0.457 e. The van der Waals surface area contributed by atoms with Crippen LogP contribution in [0.1, 0.15) is 11.1 Å². The van der Waals surface area contributed by atoms with E-state index in [0.717, 1.165) is 36.4 Å². The van der Waals surface area contributed by atoms with Gasteiger partial charge in [-0.1, -0.05) is 24.3 Å². The van der Waals surface area contributed by atoms with Crippen LogP contribution < -0.4 is 11.5 Å². The molecule has 0 saturated heterocycles. The predicted molar refractivity (Wildman–Crippen MR) is 74.6 cm³/mol. The fraction of sp³-hybridized carbons (Fsp3) is 0.200. The maximum Gasteiger partial charge on any atom is 0.457 e. The molecule has 0 spiro atoms. The van der Waals surface area contributed by atoms with Crippen LogP contribution in [0.3, 0.4) is 0 Å². The van der Waals surface area contributed by atoms with Gasteiger partial charge in [0, 0.05) is 22.5 Å². The predicted octanol–water partition coefficient (Wildman–Crippen LogP) is 4.26. The van der Waals surface area contributed by atoms with Crippen LogP contribution in [0.4, 0.5) is 37.7 Å². The number of hydrogen-bond donors (Lipinski definition) is 2. The quantitative estimate of drug-likeness (QED) is 0.651. The van der Waals surface area contributed by atoms with Crippen molar-refractivity contribution in [3.05, 3.63) is 59.7 Å². The maximum atomic E-state index is 15.3. The first kappa shape index (κ1) is 17.0. The molecule has 0 heterocycles. The summed E-state index contributed by atoms with van der Waals surface area (Å²) in [6.45, 7) is 0. The Bertz CT molecular complexity index is 666. The molecule has 124 valence electrons. The maximum absolute atomic E-state index is 15.3. The Kier molecular flexibility index (Phi) is 3.96. The standard InChI is InChI=1S/C15H12F6N2/c16-13(14(17,18)15(19,20)21,9-3-1-5-11(22)7-9)10-4-2-6-12(23)8-10/h1-8H,22-23H2. The smallest absolute Gasteiger partial charge is 0.399 e. The van der Waals surface area contributed by atoms with Gasteiger partial charge in [-0.05, 0) is 24.3 Å². The minimum absolute atomic E-state index is 0.147. The molecule has 2 nitrogen and oxygen atoms in total. The third kappa shape index (κ3) is 2.69. The van der Waals surface area contributed by atoms with Gasteiger partial charge in [0.15, 0.2) is 0 Å². The molecule has 0 radical (unpaired) electrons. The number of rotatable bonds is 3. The van der Waals surface area contributed by atoms with Gasteiger partial charge >= 0.3 is 12.1 Å². The zero-order valence-corrected chi connectivity index (χ0v) is 11.5. The molecule has 2 aromatic rings. The Hall–Kier alpha value is -2.38. The van der Waals surface area contributed by atoms with Crippen LogP contribution in [0, 0.1) is 0 Å². The van der Waals surface area contributed by atoms with E-state index in [-0.39, 0.29) is 11.4 Å². The van der Waals surface area contributed by atoms with Crippen molar-refractivity contribution in [1.82, 2.24) is 0 Å². The number of nitrogen functional groups attached to an aromatic ring is 2. The summed E-state index contributed by atoms with van der Waals surface area (Å²) in [5.41, 5.74) is 4.51. The number of hydrogen-bond acceptors (Lipinski definition) is 2. The molecule has 0 unspecified atom stereocenters. The highest BCUT2D eigenvalue weighted by Gasteiger charge is 2.72. The number of anilines is 2. The molecule has 4 N–H and O–H groups in total. The average Bonchev–Trinajstić information content (AvgIpc) is 2.45. The first-order valence-corrected chi connectivity index (χ1v) is 6.35. The highest BCUT2D eigenvalue weighted by atomic mass is 19.4. The summed E-state index contributed by atoms with van der Waals surface area (Å²) in [6, 6.07) is 7.80. The monoisotopic (exact) mass is 334 g/mol. The van der Waals surface area contributed by atoms with E-state index in [0.29, 0.717) is 0 Å². The molecule has 0 atom stereocenters. The molecule has 8 heteroatoms. The zero-order valence-electron chi connectivity index (χ0n) is 11.5. The van der Waals surface area contributed by atoms with Crippen LogP contribution >= 0.6 is 0 Å². The Morgan fingerprint density at radius 3 is 1.35 bits per heavy atom. The zero-order chi connectivity index (χ0) is 17.5. The van der Waals surface area contributed by atoms with Gasteiger partial charge in [-0.25, -0.2) is 4.39 Å². The summed E-state index contributed by atoms with van der Waals surface area (Å²) >= 11 is 0. The molecule has 0 amide bonds. The van der Waals surface area contributed by atoms with Crippen molar-refractivity contribution in [2.45, 2.75) is 17.8 Å². The molecule has 2 aromatic carbocycles. The van der Waals surface area contributed by atoms with Gasteiger partial charge in [0.25, 0.3) is 0 Å². The van der Waals surface area contributed by atoms with Crippen molar-refractivity contribution in [1.29, 1.82) is 0 Å². The van der Waals surface area contributed by atoms with Crippen molar-refractivity contribution in [3.8, 4) is 0 Å². The summed E-state index contributed by atoms with van der Waals surface area (Å²) in [5.74, 6) is -5.69. The van der Waals surface area contributed by atoms with Crippen LogP contribution in [-0.2, 0) is 5.67 Å². The second-order valence-electron chi connectivity index (χ2n) is 4.98. The lowest BCUT2D eigenvalue weighted by Gasteiger charge is -2.35. The van der Waals surface area contributed by atoms with E-state index >= 15 is 4.39 Å². The molecular formula is C15H12F6N2. The van der Waals surface area contributed by atoms with Crippen molar-refractivity contribution >= 4 is 11.4 Å². The van der Waals surface area contributed by atoms with Gasteiger partial charge in [-0.2, -0.15) is 22.0 Å². The molecule has 0 fully saturated rings. The van der Waals surface area contributed by atoms with E-state index in [9.17, 15) is 22.0 Å². The molecule has 0 bridgehead atoms. The Labute approximate surface area is 127 Å². The second kappa shape index (κ2) is 5.36. The molecule has 23 heavy (non-hydrogen) atoms. The lowest BCUT2D eigenvalue weighted by atomic mass is 9.81. The third-order valence-electron chi connectivity index (χ3n) is 3.36. The summed E-state index contributed by atoms with van der Waals surface area (Å²) in [6.07, 6.45) is -6.11. The normalized spacial score (nSPS) is 13.1. The summed E-state index contributed by atoms with van der Waals surface area (Å²) < 4.78 is 81.9. The van der Waals surface area contributed by atoms with Crippen molar-refractivity contribution in [3.63, 3.8) is 0 Å². The minimum atomic E-state index is -6.11. The SMILES string of the molecule is Nc1cccc(C(F)(c2cccc(N)c2)C(F)(F)C(F)(F)F)c1. The van der Waals surface area contributed by atoms with Crippen molar-refractivity contribution in [2.24, 2.45) is 0 Å². The van der Waals surface area contributed by atoms with Gasteiger partial charge in [0.1, 0.15) is 0 Å². The van der Waals surface area contributed by atoms with E-state index in [1.54, 1.807) is 0 Å². The number of alkyl halides is 6. The first-order valence-electron chi connectivity index (χ1n) is 6.35. The Balaban J connectivity index is 2.80. The summed E-state index contributed by atoms with van der Waals surface area (Å²) in [7, 11) is 0. The molecular weight excluding hydrogens is 322 g/mol. The summed E-state index contributed by atoms with van der Waals surface area (Å²) in [4.78, 5) is 0. The van der Waals surface area contributed by atoms with Crippen LogP contribution in [0.2, 0.25) is 0 Å². The molecule has 0 aromatic heterocycles. The molecule has 2 rings (SSSR count). The van der Waals surface area contributed by atoms with Crippen LogP contribution in [0.5, 0.6) is 0 Å². The molecule has 0 aliphatic rings. The van der Waals surface area contributed by atoms with Crippen LogP contribution in [-0.4, -0.2) is 12.1 Å². The molecule has 0 aliphatic heterocycles. The van der Waals surface area contributed by atoms with Crippen molar-refractivity contribution < 1.29 is 26.3 Å². The van der Waals surface area contributed by atoms with Gasteiger partial charge < -0.3 is 11.5 Å². The minimum Gasteiger partial charge on any atom is -0.399 e. The first-order chi connectivity index (χ1) is 10.5. The molecule has 0 aliphatic carbocycles. The molecule has 0 saturated carbocycles. The van der Waals surface area contributed by atoms with Gasteiger partial charge in [-0.3, -0.25) is 0 Å². The van der Waals surface area contributed by atoms with E-state index in [4.69, 9.17) is 11.5 Å². The number of benzene rings is 2. The Morgan fingerprint density at radius 1 is 0.652 bits per heavy atom. The average molecular weight is 334 g/mol. The fourth-order valence-electron chi connectivity index (χ4n) is 2.23. The van der Waals surface area contributed by atoms with E-state index < -0.39 is 28.9 Å². The van der Waals surface area contributed by atoms with Gasteiger partial charge in [0.05, 0.1) is 0 Å². The number of nitrogens with two attached hydrogens (primary N) is 2. The lowest BCUT2D eigenvalue weighted by molar-refractivity contribution is -0.323. The fourth-order valence-corrected chi connectivity index (χ4v) is 2.23. The van der Waals surface area contributed by atoms with Gasteiger partial charge in [0.2, 0.25) is 5.67 Å². The lowest BCUT2D eigenvalue weighted by Crippen LogP contribution is -2.53. The van der Waals surface area contributed by atoms with E-state index in [1.165, 1.54) is 12.1 Å². The Morgan fingerprint density at radius 2 is 1.04 bits per heavy atom. The van der Waals surface area contributed by atoms with E-state index in [1.807, 2.05) is 0 Å². The van der Waals surface area contributed by atoms with Gasteiger partial charge in [-0.15, -0.1) is 0 Å². The second-order valence-corrected chi connectivity index (χ2v) is 4.98. The van der Waals surface area contributed by atoms with Crippen molar-refractivity contribution in [2.75, 3.05) is 11.5 Å². The highest BCUT2D eigenvalue weighted by molar-refractivity contribution is 5.51. The highest BCUT2D eigenvalue weighted by Crippen LogP contribution is 2.54. The van der Waals surface area contributed by atoms with Crippen LogP contribution in [0.25, 0.3) is 0 Å². The number of halogens is 6. The van der Waals surface area contributed by atoms with E-state index in [2.05, 4.69) is 0 Å². The third-order valence-corrected chi connectivity index (χ3v) is 3.36.